The summed E-state index contributed by atoms with van der Waals surface area (Å²) in [5, 5.41) is 17.8. The van der Waals surface area contributed by atoms with Gasteiger partial charge in [-0.25, -0.2) is 0 Å². The van der Waals surface area contributed by atoms with Gasteiger partial charge in [0.15, 0.2) is 0 Å². The van der Waals surface area contributed by atoms with Crippen LogP contribution in [0.4, 0.5) is 0 Å². The molecule has 26 heavy (non-hydrogen) atoms. The summed E-state index contributed by atoms with van der Waals surface area (Å²) < 4.78 is 11.0. The molecule has 1 aliphatic rings. The Morgan fingerprint density at radius 1 is 0.654 bits per heavy atom. The summed E-state index contributed by atoms with van der Waals surface area (Å²) >= 11 is 0. The van der Waals surface area contributed by atoms with Crippen molar-refractivity contribution in [2.75, 3.05) is 26.4 Å². The minimum Gasteiger partial charge on any atom is -0.491 e. The molecule has 0 unspecified atom stereocenters. The molecule has 0 aromatic heterocycles. The van der Waals surface area contributed by atoms with E-state index in [1.165, 1.54) is 30.4 Å². The van der Waals surface area contributed by atoms with Gasteiger partial charge in [0, 0.05) is 5.41 Å². The molecule has 0 radical (unpaired) electrons. The minimum absolute atomic E-state index is 0.0242. The van der Waals surface area contributed by atoms with Gasteiger partial charge in [0.25, 0.3) is 0 Å². The largest absolute Gasteiger partial charge is 0.491 e. The lowest BCUT2D eigenvalue weighted by Gasteiger charge is -2.38. The van der Waals surface area contributed by atoms with Crippen LogP contribution in [0.1, 0.15) is 43.2 Å². The van der Waals surface area contributed by atoms with Crippen molar-refractivity contribution >= 4 is 0 Å². The van der Waals surface area contributed by atoms with Crippen LogP contribution < -0.4 is 9.47 Å². The summed E-state index contributed by atoms with van der Waals surface area (Å²) in [7, 11) is 0. The van der Waals surface area contributed by atoms with Crippen LogP contribution in [0.15, 0.2) is 48.5 Å². The van der Waals surface area contributed by atoms with Gasteiger partial charge in [-0.05, 0) is 48.2 Å². The SMILES string of the molecule is OCCOc1ccc(C2(c3ccc(OCCO)cc3)CCCCC2)cc1. The maximum absolute atomic E-state index is 8.90. The number of rotatable bonds is 8. The Balaban J connectivity index is 1.86. The number of hydrogen-bond acceptors (Lipinski definition) is 4. The van der Waals surface area contributed by atoms with Crippen LogP contribution >= 0.6 is 0 Å². The molecule has 1 saturated carbocycles. The van der Waals surface area contributed by atoms with Crippen molar-refractivity contribution in [3.8, 4) is 11.5 Å². The van der Waals surface area contributed by atoms with Gasteiger partial charge in [0.2, 0.25) is 0 Å². The molecule has 1 fully saturated rings. The van der Waals surface area contributed by atoms with E-state index in [0.29, 0.717) is 13.2 Å². The standard InChI is InChI=1S/C22H28O4/c23-14-16-25-20-8-4-18(5-9-20)22(12-2-1-3-13-22)19-6-10-21(11-7-19)26-17-15-24/h4-11,23-24H,1-3,12-17H2. The molecule has 0 aliphatic heterocycles. The third-order valence-electron chi connectivity index (χ3n) is 5.24. The maximum Gasteiger partial charge on any atom is 0.119 e. The molecule has 0 atom stereocenters. The molecule has 3 rings (SSSR count). The Bertz CT molecular complexity index is 604. The van der Waals surface area contributed by atoms with Crippen LogP contribution in [0.2, 0.25) is 0 Å². The van der Waals surface area contributed by atoms with Crippen LogP contribution in [0.5, 0.6) is 11.5 Å². The lowest BCUT2D eigenvalue weighted by atomic mass is 9.65. The minimum atomic E-state index is 0.0242. The summed E-state index contributed by atoms with van der Waals surface area (Å²) in [5.74, 6) is 1.59. The third kappa shape index (κ3) is 4.19. The van der Waals surface area contributed by atoms with E-state index in [0.717, 1.165) is 24.3 Å². The molecule has 140 valence electrons. The molecule has 0 bridgehead atoms. The smallest absolute Gasteiger partial charge is 0.119 e. The van der Waals surface area contributed by atoms with Gasteiger partial charge in [0.1, 0.15) is 24.7 Å². The van der Waals surface area contributed by atoms with Crippen LogP contribution in [-0.4, -0.2) is 36.6 Å². The zero-order valence-corrected chi connectivity index (χ0v) is 15.2. The third-order valence-corrected chi connectivity index (χ3v) is 5.24. The van der Waals surface area contributed by atoms with Crippen molar-refractivity contribution < 1.29 is 19.7 Å². The topological polar surface area (TPSA) is 58.9 Å². The highest BCUT2D eigenvalue weighted by Crippen LogP contribution is 2.45. The van der Waals surface area contributed by atoms with E-state index in [9.17, 15) is 0 Å². The number of aliphatic hydroxyl groups is 2. The fourth-order valence-corrected chi connectivity index (χ4v) is 3.97. The molecule has 0 amide bonds. The molecule has 0 heterocycles. The lowest BCUT2D eigenvalue weighted by molar-refractivity contribution is 0.201. The van der Waals surface area contributed by atoms with Gasteiger partial charge < -0.3 is 19.7 Å². The van der Waals surface area contributed by atoms with E-state index < -0.39 is 0 Å². The Morgan fingerprint density at radius 3 is 1.46 bits per heavy atom. The molecule has 4 nitrogen and oxygen atoms in total. The summed E-state index contributed by atoms with van der Waals surface area (Å²) in [4.78, 5) is 0. The van der Waals surface area contributed by atoms with Gasteiger partial charge in [-0.1, -0.05) is 43.5 Å². The monoisotopic (exact) mass is 356 g/mol. The van der Waals surface area contributed by atoms with Gasteiger partial charge in [-0.15, -0.1) is 0 Å². The molecule has 0 spiro atoms. The average Bonchev–Trinajstić information content (AvgIpc) is 2.72. The molecule has 2 aromatic carbocycles. The normalized spacial score (nSPS) is 16.2. The molecule has 2 N–H and O–H groups in total. The molecular formula is C22H28O4. The van der Waals surface area contributed by atoms with Crippen molar-refractivity contribution in [1.82, 2.24) is 0 Å². The second-order valence-corrected chi connectivity index (χ2v) is 6.84. The number of ether oxygens (including phenoxy) is 2. The quantitative estimate of drug-likeness (QED) is 0.757. The maximum atomic E-state index is 8.90. The Labute approximate surface area is 155 Å². The van der Waals surface area contributed by atoms with Crippen molar-refractivity contribution in [2.24, 2.45) is 0 Å². The lowest BCUT2D eigenvalue weighted by Crippen LogP contribution is -2.30. The van der Waals surface area contributed by atoms with Crippen molar-refractivity contribution in [1.29, 1.82) is 0 Å². The highest BCUT2D eigenvalue weighted by Gasteiger charge is 2.35. The van der Waals surface area contributed by atoms with Gasteiger partial charge in [0.05, 0.1) is 13.2 Å². The van der Waals surface area contributed by atoms with Crippen LogP contribution in [-0.2, 0) is 5.41 Å². The number of benzene rings is 2. The zero-order chi connectivity index (χ0) is 18.2. The molecular weight excluding hydrogens is 328 g/mol. The first kappa shape index (κ1) is 18.7. The fraction of sp³-hybridized carbons (Fsp3) is 0.455. The first-order valence-corrected chi connectivity index (χ1v) is 9.47. The van der Waals surface area contributed by atoms with Gasteiger partial charge >= 0.3 is 0 Å². The summed E-state index contributed by atoms with van der Waals surface area (Å²) in [6, 6.07) is 16.6. The van der Waals surface area contributed by atoms with E-state index in [1.807, 2.05) is 24.3 Å². The van der Waals surface area contributed by atoms with Crippen molar-refractivity contribution in [3.05, 3.63) is 59.7 Å². The predicted octanol–water partition coefficient (Wildman–Crippen LogP) is 3.68. The zero-order valence-electron chi connectivity index (χ0n) is 15.2. The fourth-order valence-electron chi connectivity index (χ4n) is 3.97. The van der Waals surface area contributed by atoms with Crippen molar-refractivity contribution in [3.63, 3.8) is 0 Å². The highest BCUT2D eigenvalue weighted by atomic mass is 16.5. The molecule has 2 aromatic rings. The Kier molecular flexibility index (Phi) is 6.53. The number of aliphatic hydroxyl groups excluding tert-OH is 2. The first-order valence-electron chi connectivity index (χ1n) is 9.47. The summed E-state index contributed by atoms with van der Waals surface area (Å²) in [6.07, 6.45) is 6.02. The average molecular weight is 356 g/mol. The second-order valence-electron chi connectivity index (χ2n) is 6.84. The molecule has 0 saturated heterocycles. The van der Waals surface area contributed by atoms with Gasteiger partial charge in [-0.3, -0.25) is 0 Å². The van der Waals surface area contributed by atoms with E-state index in [2.05, 4.69) is 24.3 Å². The van der Waals surface area contributed by atoms with Gasteiger partial charge in [-0.2, -0.15) is 0 Å². The second kappa shape index (κ2) is 9.06. The number of hydrogen-bond donors (Lipinski definition) is 2. The first-order chi connectivity index (χ1) is 12.8. The van der Waals surface area contributed by atoms with Crippen LogP contribution in [0, 0.1) is 0 Å². The van der Waals surface area contributed by atoms with Crippen LogP contribution in [0.25, 0.3) is 0 Å². The Hall–Kier alpha value is -2.04. The molecule has 4 heteroatoms. The summed E-state index contributed by atoms with van der Waals surface area (Å²) in [6.45, 7) is 0.687. The highest BCUT2D eigenvalue weighted by molar-refractivity contribution is 5.43. The van der Waals surface area contributed by atoms with E-state index >= 15 is 0 Å². The Morgan fingerprint density at radius 2 is 1.08 bits per heavy atom. The van der Waals surface area contributed by atoms with Crippen LogP contribution in [0.3, 0.4) is 0 Å². The predicted molar refractivity (Wildman–Crippen MR) is 102 cm³/mol. The van der Waals surface area contributed by atoms with E-state index in [-0.39, 0.29) is 18.6 Å². The molecule has 1 aliphatic carbocycles. The van der Waals surface area contributed by atoms with Crippen molar-refractivity contribution in [2.45, 2.75) is 37.5 Å². The van der Waals surface area contributed by atoms with E-state index in [1.54, 1.807) is 0 Å². The summed E-state index contributed by atoms with van der Waals surface area (Å²) in [5.41, 5.74) is 2.67. The van der Waals surface area contributed by atoms with E-state index in [4.69, 9.17) is 19.7 Å².